The minimum Gasteiger partial charge on any atom is -0.207 e. The number of rotatable bonds is 7. The topological polar surface area (TPSA) is 91.8 Å². The summed E-state index contributed by atoms with van der Waals surface area (Å²) in [5, 5.41) is 14.0. The molecule has 0 saturated carbocycles. The highest BCUT2D eigenvalue weighted by molar-refractivity contribution is 7.89. The van der Waals surface area contributed by atoms with Gasteiger partial charge in [-0.2, -0.15) is 9.52 Å². The van der Waals surface area contributed by atoms with Gasteiger partial charge in [-0.15, -0.1) is 10.2 Å². The van der Waals surface area contributed by atoms with Gasteiger partial charge in [0, 0.05) is 23.7 Å². The van der Waals surface area contributed by atoms with Crippen molar-refractivity contribution in [3.63, 3.8) is 0 Å². The number of aromatic amines is 1. The van der Waals surface area contributed by atoms with Crippen molar-refractivity contribution in [2.45, 2.75) is 24.9 Å². The molecule has 7 nitrogen and oxygen atoms in total. The first-order valence-electron chi connectivity index (χ1n) is 9.67. The molecule has 1 N–H and O–H groups in total. The van der Waals surface area contributed by atoms with Gasteiger partial charge >= 0.3 is 0 Å². The Morgan fingerprint density at radius 2 is 1.66 bits per heavy atom. The summed E-state index contributed by atoms with van der Waals surface area (Å²) in [4.78, 5) is -0.404. The molecule has 1 aromatic heterocycles. The van der Waals surface area contributed by atoms with E-state index in [1.807, 2.05) is 30.3 Å². The Morgan fingerprint density at radius 3 is 2.28 bits per heavy atom. The Balaban J connectivity index is 1.69. The fraction of sp³-hybridized carbons (Fsp3) is 0.136. The van der Waals surface area contributed by atoms with Crippen LogP contribution >= 0.6 is 11.6 Å². The molecular formula is C22H19ClFN5O2S. The minimum absolute atomic E-state index is 0.0465. The lowest BCUT2D eigenvalue weighted by atomic mass is 10.1. The molecule has 0 aliphatic rings. The normalized spacial score (nSPS) is 11.8. The van der Waals surface area contributed by atoms with E-state index in [1.165, 1.54) is 10.4 Å². The fourth-order valence-electron chi connectivity index (χ4n) is 3.23. The molecule has 0 saturated heterocycles. The predicted molar refractivity (Wildman–Crippen MR) is 119 cm³/mol. The summed E-state index contributed by atoms with van der Waals surface area (Å²) in [6, 6.07) is 18.6. The second kappa shape index (κ2) is 9.15. The summed E-state index contributed by atoms with van der Waals surface area (Å²) in [5.74, 6) is -0.449. The molecule has 0 fully saturated rings. The molecule has 0 radical (unpaired) electrons. The van der Waals surface area contributed by atoms with Crippen molar-refractivity contribution in [2.75, 3.05) is 0 Å². The largest absolute Gasteiger partial charge is 0.246 e. The highest BCUT2D eigenvalue weighted by atomic mass is 35.5. The number of H-pyrrole nitrogens is 1. The molecule has 0 unspecified atom stereocenters. The van der Waals surface area contributed by atoms with Gasteiger partial charge in [0.1, 0.15) is 10.7 Å². The van der Waals surface area contributed by atoms with E-state index < -0.39 is 20.7 Å². The average molecular weight is 472 g/mol. The monoisotopic (exact) mass is 471 g/mol. The van der Waals surface area contributed by atoms with Crippen molar-refractivity contribution in [3.8, 4) is 11.4 Å². The molecule has 0 spiro atoms. The Kier molecular flexibility index (Phi) is 6.31. The van der Waals surface area contributed by atoms with Crippen molar-refractivity contribution in [1.29, 1.82) is 0 Å². The summed E-state index contributed by atoms with van der Waals surface area (Å²) >= 11 is 5.97. The van der Waals surface area contributed by atoms with Crippen LogP contribution in [0.25, 0.3) is 11.4 Å². The van der Waals surface area contributed by atoms with Gasteiger partial charge in [0.25, 0.3) is 0 Å². The summed E-state index contributed by atoms with van der Waals surface area (Å²) in [5.41, 5.74) is 2.73. The van der Waals surface area contributed by atoms with Crippen LogP contribution in [0.2, 0.25) is 5.02 Å². The Hall–Kier alpha value is -3.14. The number of halogens is 2. The second-order valence-corrected chi connectivity index (χ2v) is 9.54. The van der Waals surface area contributed by atoms with Gasteiger partial charge in [0.15, 0.2) is 0 Å². The number of nitrogens with one attached hydrogen (secondary N) is 1. The minimum atomic E-state index is -4.16. The summed E-state index contributed by atoms with van der Waals surface area (Å²) in [6.07, 6.45) is 0. The third-order valence-corrected chi connectivity index (χ3v) is 7.16. The van der Waals surface area contributed by atoms with Crippen LogP contribution in [0.5, 0.6) is 0 Å². The zero-order valence-corrected chi connectivity index (χ0v) is 18.6. The van der Waals surface area contributed by atoms with E-state index in [1.54, 1.807) is 31.2 Å². The molecule has 0 atom stereocenters. The summed E-state index contributed by atoms with van der Waals surface area (Å²) < 4.78 is 42.9. The van der Waals surface area contributed by atoms with Crippen molar-refractivity contribution in [2.24, 2.45) is 0 Å². The smallest absolute Gasteiger partial charge is 0.207 e. The van der Waals surface area contributed by atoms with Crippen LogP contribution in [0.1, 0.15) is 16.7 Å². The van der Waals surface area contributed by atoms with Crippen LogP contribution in [0.4, 0.5) is 4.39 Å². The van der Waals surface area contributed by atoms with E-state index in [4.69, 9.17) is 11.6 Å². The van der Waals surface area contributed by atoms with E-state index in [0.717, 1.165) is 22.8 Å². The summed E-state index contributed by atoms with van der Waals surface area (Å²) in [6.45, 7) is 1.76. The number of hydrogen-bond donors (Lipinski definition) is 1. The van der Waals surface area contributed by atoms with Gasteiger partial charge < -0.3 is 0 Å². The molecule has 0 amide bonds. The third-order valence-electron chi connectivity index (χ3n) is 4.95. The molecule has 0 bridgehead atoms. The van der Waals surface area contributed by atoms with Crippen LogP contribution in [-0.4, -0.2) is 33.3 Å². The molecule has 4 aromatic rings. The van der Waals surface area contributed by atoms with E-state index >= 15 is 0 Å². The van der Waals surface area contributed by atoms with Crippen molar-refractivity contribution in [1.82, 2.24) is 24.9 Å². The van der Waals surface area contributed by atoms with Crippen molar-refractivity contribution < 1.29 is 12.8 Å². The van der Waals surface area contributed by atoms with Gasteiger partial charge in [0.05, 0.1) is 0 Å². The predicted octanol–water partition coefficient (Wildman–Crippen LogP) is 4.36. The molecule has 32 heavy (non-hydrogen) atoms. The first-order valence-corrected chi connectivity index (χ1v) is 11.5. The number of aryl methyl sites for hydroxylation is 1. The molecule has 1 heterocycles. The van der Waals surface area contributed by atoms with Crippen molar-refractivity contribution in [3.05, 3.63) is 94.3 Å². The molecule has 3 aromatic carbocycles. The number of benzene rings is 3. The van der Waals surface area contributed by atoms with Crippen LogP contribution in [0, 0.1) is 12.7 Å². The lowest BCUT2D eigenvalue weighted by Gasteiger charge is -2.23. The number of hydrogen-bond acceptors (Lipinski definition) is 5. The SMILES string of the molecule is Cc1cc(S(=O)(=O)N(Cc2ccccc2)Cc2ccc(-c3nn[nH]n3)cc2)c(F)cc1Cl. The van der Waals surface area contributed by atoms with Gasteiger partial charge in [-0.3, -0.25) is 0 Å². The lowest BCUT2D eigenvalue weighted by Crippen LogP contribution is -2.31. The van der Waals surface area contributed by atoms with Gasteiger partial charge in [-0.1, -0.05) is 66.2 Å². The molecule has 0 aliphatic carbocycles. The van der Waals surface area contributed by atoms with Gasteiger partial charge in [0.2, 0.25) is 15.8 Å². The summed E-state index contributed by atoms with van der Waals surface area (Å²) in [7, 11) is -4.16. The molecule has 4 rings (SSSR count). The zero-order valence-electron chi connectivity index (χ0n) is 17.0. The number of aromatic nitrogens is 4. The highest BCUT2D eigenvalue weighted by Gasteiger charge is 2.28. The third kappa shape index (κ3) is 4.69. The van der Waals surface area contributed by atoms with Crippen LogP contribution in [0.3, 0.4) is 0 Å². The Bertz CT molecular complexity index is 1310. The maximum Gasteiger partial charge on any atom is 0.246 e. The molecule has 0 aliphatic heterocycles. The van der Waals surface area contributed by atoms with Crippen LogP contribution in [0.15, 0.2) is 71.6 Å². The van der Waals surface area contributed by atoms with E-state index in [2.05, 4.69) is 20.6 Å². The maximum atomic E-state index is 14.7. The van der Waals surface area contributed by atoms with Gasteiger partial charge in [-0.25, -0.2) is 12.8 Å². The number of sulfonamides is 1. The first kappa shape index (κ1) is 22.1. The van der Waals surface area contributed by atoms with E-state index in [9.17, 15) is 12.8 Å². The van der Waals surface area contributed by atoms with E-state index in [-0.39, 0.29) is 18.1 Å². The molecular weight excluding hydrogens is 453 g/mol. The lowest BCUT2D eigenvalue weighted by molar-refractivity contribution is 0.397. The first-order chi connectivity index (χ1) is 15.3. The van der Waals surface area contributed by atoms with Crippen molar-refractivity contribution >= 4 is 21.6 Å². The molecule has 10 heteroatoms. The number of tetrazole rings is 1. The van der Waals surface area contributed by atoms with Gasteiger partial charge in [-0.05, 0) is 41.0 Å². The fourth-order valence-corrected chi connectivity index (χ4v) is 4.93. The Labute approximate surface area is 189 Å². The van der Waals surface area contributed by atoms with E-state index in [0.29, 0.717) is 11.4 Å². The van der Waals surface area contributed by atoms with Crippen LogP contribution < -0.4 is 0 Å². The zero-order chi connectivity index (χ0) is 22.7. The van der Waals surface area contributed by atoms with Crippen LogP contribution in [-0.2, 0) is 23.1 Å². The standard InChI is InChI=1S/C22H19ClFN5O2S/c1-15-11-21(20(24)12-19(15)23)32(30,31)29(13-16-5-3-2-4-6-16)14-17-7-9-18(10-8-17)22-25-27-28-26-22/h2-12H,13-14H2,1H3,(H,25,26,27,28). The Morgan fingerprint density at radius 1 is 1.00 bits per heavy atom. The quantitative estimate of drug-likeness (QED) is 0.432. The average Bonchev–Trinajstić information content (AvgIpc) is 3.32. The highest BCUT2D eigenvalue weighted by Crippen LogP contribution is 2.28. The molecule has 164 valence electrons. The number of nitrogens with zero attached hydrogens (tertiary/aromatic N) is 4. The second-order valence-electron chi connectivity index (χ2n) is 7.22. The maximum absolute atomic E-state index is 14.7.